The van der Waals surface area contributed by atoms with Crippen molar-refractivity contribution >= 4 is 12.3 Å². The third-order valence-electron chi connectivity index (χ3n) is 3.43. The zero-order valence-corrected chi connectivity index (χ0v) is 8.95. The van der Waals surface area contributed by atoms with E-state index in [4.69, 9.17) is 0 Å². The first-order valence-corrected chi connectivity index (χ1v) is 5.82. The van der Waals surface area contributed by atoms with Crippen molar-refractivity contribution in [3.8, 4) is 0 Å². The number of nitrogens with zero attached hydrogens (tertiary/aromatic N) is 1. The van der Waals surface area contributed by atoms with Gasteiger partial charge in [-0.1, -0.05) is 12.8 Å². The first kappa shape index (κ1) is 10.5. The number of amides is 2. The van der Waals surface area contributed by atoms with Gasteiger partial charge in [-0.3, -0.25) is 9.59 Å². The minimum Gasteiger partial charge on any atom is -0.352 e. The van der Waals surface area contributed by atoms with Gasteiger partial charge in [-0.05, 0) is 25.7 Å². The predicted octanol–water partition coefficient (Wildman–Crippen LogP) is 0.666. The van der Waals surface area contributed by atoms with E-state index in [1.54, 1.807) is 4.90 Å². The lowest BCUT2D eigenvalue weighted by Crippen LogP contribution is -2.45. The van der Waals surface area contributed by atoms with Crippen LogP contribution in [0.25, 0.3) is 0 Å². The fourth-order valence-corrected chi connectivity index (χ4v) is 2.56. The maximum atomic E-state index is 11.9. The molecule has 4 nitrogen and oxygen atoms in total. The molecular weight excluding hydrogens is 192 g/mol. The average Bonchev–Trinajstić information content (AvgIpc) is 2.86. The molecule has 0 bridgehead atoms. The Hall–Kier alpha value is -1.06. The molecule has 2 fully saturated rings. The summed E-state index contributed by atoms with van der Waals surface area (Å²) in [5, 5.41) is 3.05. The molecule has 2 rings (SSSR count). The molecule has 0 aromatic rings. The van der Waals surface area contributed by atoms with Gasteiger partial charge in [-0.2, -0.15) is 0 Å². The van der Waals surface area contributed by atoms with E-state index in [2.05, 4.69) is 5.32 Å². The molecule has 4 heteroatoms. The van der Waals surface area contributed by atoms with Crippen LogP contribution in [0.3, 0.4) is 0 Å². The number of carbonyl (C=O) groups is 2. The summed E-state index contributed by atoms with van der Waals surface area (Å²) < 4.78 is 0. The maximum Gasteiger partial charge on any atom is 0.243 e. The largest absolute Gasteiger partial charge is 0.352 e. The Balaban J connectivity index is 1.86. The quantitative estimate of drug-likeness (QED) is 0.696. The standard InChI is InChI=1S/C11H18N2O2/c14-8-13-7-3-6-10(13)11(15)12-9-4-1-2-5-9/h8-10H,1-7H2,(H,12,15). The molecule has 1 unspecified atom stereocenters. The highest BCUT2D eigenvalue weighted by atomic mass is 16.2. The highest BCUT2D eigenvalue weighted by molar-refractivity contribution is 5.84. The van der Waals surface area contributed by atoms with Gasteiger partial charge in [0.2, 0.25) is 12.3 Å². The van der Waals surface area contributed by atoms with Gasteiger partial charge in [-0.15, -0.1) is 0 Å². The van der Waals surface area contributed by atoms with Crippen LogP contribution in [-0.2, 0) is 9.59 Å². The minimum absolute atomic E-state index is 0.0477. The highest BCUT2D eigenvalue weighted by Crippen LogP contribution is 2.20. The summed E-state index contributed by atoms with van der Waals surface area (Å²) >= 11 is 0. The van der Waals surface area contributed by atoms with E-state index in [1.165, 1.54) is 12.8 Å². The lowest BCUT2D eigenvalue weighted by atomic mass is 10.2. The molecule has 1 aliphatic carbocycles. The lowest BCUT2D eigenvalue weighted by Gasteiger charge is -2.21. The van der Waals surface area contributed by atoms with Crippen LogP contribution in [0.1, 0.15) is 38.5 Å². The van der Waals surface area contributed by atoms with Crippen LogP contribution < -0.4 is 5.32 Å². The van der Waals surface area contributed by atoms with Crippen LogP contribution in [0, 0.1) is 0 Å². The number of rotatable bonds is 3. The molecule has 84 valence electrons. The summed E-state index contributed by atoms with van der Waals surface area (Å²) in [6, 6.07) is 0.148. The SMILES string of the molecule is O=CN1CCCC1C(=O)NC1CCCC1. The molecule has 1 saturated heterocycles. The van der Waals surface area contributed by atoms with Crippen LogP contribution in [0.5, 0.6) is 0 Å². The van der Waals surface area contributed by atoms with Crippen LogP contribution in [0.2, 0.25) is 0 Å². The normalized spacial score (nSPS) is 26.9. The number of carbonyl (C=O) groups excluding carboxylic acids is 2. The second-order valence-electron chi connectivity index (χ2n) is 4.49. The smallest absolute Gasteiger partial charge is 0.243 e. The summed E-state index contributed by atoms with van der Waals surface area (Å²) in [6.45, 7) is 0.728. The summed E-state index contributed by atoms with van der Waals surface area (Å²) in [4.78, 5) is 24.2. The zero-order valence-electron chi connectivity index (χ0n) is 8.95. The molecule has 15 heavy (non-hydrogen) atoms. The van der Waals surface area contributed by atoms with Crippen molar-refractivity contribution in [1.29, 1.82) is 0 Å². The molecule has 0 aromatic carbocycles. The van der Waals surface area contributed by atoms with Gasteiger partial charge in [0.05, 0.1) is 0 Å². The molecule has 0 spiro atoms. The summed E-state index contributed by atoms with van der Waals surface area (Å²) in [7, 11) is 0. The van der Waals surface area contributed by atoms with Crippen molar-refractivity contribution in [3.63, 3.8) is 0 Å². The molecule has 0 aromatic heterocycles. The van der Waals surface area contributed by atoms with Crippen molar-refractivity contribution in [2.75, 3.05) is 6.54 Å². The van der Waals surface area contributed by atoms with Gasteiger partial charge in [0.15, 0.2) is 0 Å². The van der Waals surface area contributed by atoms with E-state index in [1.807, 2.05) is 0 Å². The monoisotopic (exact) mass is 210 g/mol. The molecule has 1 heterocycles. The highest BCUT2D eigenvalue weighted by Gasteiger charge is 2.31. The van der Waals surface area contributed by atoms with Crippen molar-refractivity contribution in [3.05, 3.63) is 0 Å². The first-order chi connectivity index (χ1) is 7.31. The van der Waals surface area contributed by atoms with Gasteiger partial charge in [0, 0.05) is 12.6 Å². The number of hydrogen-bond donors (Lipinski definition) is 1. The van der Waals surface area contributed by atoms with Crippen LogP contribution in [0.4, 0.5) is 0 Å². The zero-order chi connectivity index (χ0) is 10.7. The number of nitrogens with one attached hydrogen (secondary N) is 1. The summed E-state index contributed by atoms with van der Waals surface area (Å²) in [5.41, 5.74) is 0. The van der Waals surface area contributed by atoms with Gasteiger partial charge in [0.1, 0.15) is 6.04 Å². The van der Waals surface area contributed by atoms with Crippen molar-refractivity contribution in [2.45, 2.75) is 50.6 Å². The van der Waals surface area contributed by atoms with Gasteiger partial charge in [-0.25, -0.2) is 0 Å². The van der Waals surface area contributed by atoms with Gasteiger partial charge in [0.25, 0.3) is 0 Å². The fourth-order valence-electron chi connectivity index (χ4n) is 2.56. The summed E-state index contributed by atoms with van der Waals surface area (Å²) in [6.07, 6.45) is 7.18. The van der Waals surface area contributed by atoms with Crippen LogP contribution in [-0.4, -0.2) is 35.8 Å². The molecule has 2 aliphatic rings. The van der Waals surface area contributed by atoms with Crippen molar-refractivity contribution < 1.29 is 9.59 Å². The van der Waals surface area contributed by atoms with E-state index in [0.717, 1.165) is 38.6 Å². The minimum atomic E-state index is -0.205. The Bertz CT molecular complexity index is 249. The van der Waals surface area contributed by atoms with Gasteiger partial charge < -0.3 is 10.2 Å². The molecule has 1 atom stereocenters. The molecule has 1 saturated carbocycles. The molecule has 2 amide bonds. The van der Waals surface area contributed by atoms with E-state index >= 15 is 0 Å². The lowest BCUT2D eigenvalue weighted by molar-refractivity contribution is -0.131. The molecule has 1 N–H and O–H groups in total. The fraction of sp³-hybridized carbons (Fsp3) is 0.818. The third kappa shape index (κ3) is 2.30. The second kappa shape index (κ2) is 4.64. The number of hydrogen-bond acceptors (Lipinski definition) is 2. The first-order valence-electron chi connectivity index (χ1n) is 5.82. The third-order valence-corrected chi connectivity index (χ3v) is 3.43. The Morgan fingerprint density at radius 1 is 1.20 bits per heavy atom. The molecule has 0 radical (unpaired) electrons. The van der Waals surface area contributed by atoms with E-state index in [-0.39, 0.29) is 11.9 Å². The van der Waals surface area contributed by atoms with Crippen molar-refractivity contribution in [2.24, 2.45) is 0 Å². The second-order valence-corrected chi connectivity index (χ2v) is 4.49. The Kier molecular flexibility index (Phi) is 3.23. The topological polar surface area (TPSA) is 49.4 Å². The van der Waals surface area contributed by atoms with Crippen molar-refractivity contribution in [1.82, 2.24) is 10.2 Å². The average molecular weight is 210 g/mol. The Morgan fingerprint density at radius 3 is 2.60 bits per heavy atom. The van der Waals surface area contributed by atoms with E-state index in [9.17, 15) is 9.59 Å². The Labute approximate surface area is 90.0 Å². The van der Waals surface area contributed by atoms with Crippen LogP contribution >= 0.6 is 0 Å². The van der Waals surface area contributed by atoms with E-state index in [0.29, 0.717) is 6.04 Å². The predicted molar refractivity (Wildman–Crippen MR) is 56.2 cm³/mol. The van der Waals surface area contributed by atoms with E-state index < -0.39 is 0 Å². The summed E-state index contributed by atoms with van der Waals surface area (Å²) in [5.74, 6) is 0.0477. The Morgan fingerprint density at radius 2 is 1.93 bits per heavy atom. The van der Waals surface area contributed by atoms with Gasteiger partial charge >= 0.3 is 0 Å². The molecule has 1 aliphatic heterocycles. The molecular formula is C11H18N2O2. The number of likely N-dealkylation sites (tertiary alicyclic amines) is 1. The maximum absolute atomic E-state index is 11.9. The van der Waals surface area contributed by atoms with Crippen LogP contribution in [0.15, 0.2) is 0 Å².